The van der Waals surface area contributed by atoms with Crippen LogP contribution >= 0.6 is 0 Å². The maximum atomic E-state index is 12.5. The lowest BCUT2D eigenvalue weighted by atomic mass is 10.1. The molecule has 2 rings (SSSR count). The van der Waals surface area contributed by atoms with E-state index in [4.69, 9.17) is 14.2 Å². The predicted molar refractivity (Wildman–Crippen MR) is 125 cm³/mol. The zero-order valence-electron chi connectivity index (χ0n) is 19.4. The van der Waals surface area contributed by atoms with Gasteiger partial charge in [0.25, 0.3) is 5.91 Å². The molecule has 0 aliphatic carbocycles. The topological polar surface area (TPSA) is 111 Å². The molecule has 0 aliphatic rings. The maximum absolute atomic E-state index is 12.5. The third-order valence-corrected chi connectivity index (χ3v) is 6.55. The third-order valence-electron chi connectivity index (χ3n) is 4.74. The number of nitrogens with zero attached hydrogens (tertiary/aromatic N) is 1. The summed E-state index contributed by atoms with van der Waals surface area (Å²) < 4.78 is 41.4. The molecule has 0 spiro atoms. The fraction of sp³-hybridized carbons (Fsp3) is 0.304. The van der Waals surface area contributed by atoms with Crippen molar-refractivity contribution in [2.75, 3.05) is 33.6 Å². The SMILES string of the molecule is COc1ccc(OC)c(/C=C/C(=O)OC(C)C(=O)Nc2cc(S(=O)(=O)N(C)C)ccc2C)c1. The molecule has 0 saturated heterocycles. The molecular formula is C23H28N2O7S. The number of amides is 1. The Hall–Kier alpha value is -3.37. The second-order valence-corrected chi connectivity index (χ2v) is 9.43. The molecule has 1 unspecified atom stereocenters. The average molecular weight is 477 g/mol. The Morgan fingerprint density at radius 3 is 2.36 bits per heavy atom. The molecule has 33 heavy (non-hydrogen) atoms. The molecule has 2 aromatic rings. The van der Waals surface area contributed by atoms with Crippen molar-refractivity contribution in [2.24, 2.45) is 0 Å². The molecule has 0 aromatic heterocycles. The number of ether oxygens (including phenoxy) is 3. The van der Waals surface area contributed by atoms with Crippen molar-refractivity contribution < 1.29 is 32.2 Å². The number of methoxy groups -OCH3 is 2. The Labute approximate surface area is 194 Å². The van der Waals surface area contributed by atoms with Crippen molar-refractivity contribution in [1.29, 1.82) is 0 Å². The van der Waals surface area contributed by atoms with Crippen LogP contribution < -0.4 is 14.8 Å². The molecule has 9 nitrogen and oxygen atoms in total. The van der Waals surface area contributed by atoms with Crippen molar-refractivity contribution in [3.63, 3.8) is 0 Å². The summed E-state index contributed by atoms with van der Waals surface area (Å²) in [4.78, 5) is 24.8. The molecular weight excluding hydrogens is 448 g/mol. The predicted octanol–water partition coefficient (Wildman–Crippen LogP) is 2.85. The van der Waals surface area contributed by atoms with Crippen LogP contribution in [0.1, 0.15) is 18.1 Å². The lowest BCUT2D eigenvalue weighted by molar-refractivity contribution is -0.148. The molecule has 1 atom stereocenters. The van der Waals surface area contributed by atoms with Gasteiger partial charge in [-0.25, -0.2) is 17.5 Å². The normalized spacial score (nSPS) is 12.5. The molecule has 0 fully saturated rings. The number of hydrogen-bond acceptors (Lipinski definition) is 7. The van der Waals surface area contributed by atoms with E-state index in [9.17, 15) is 18.0 Å². The van der Waals surface area contributed by atoms with Crippen LogP contribution in [0.4, 0.5) is 5.69 Å². The van der Waals surface area contributed by atoms with Crippen LogP contribution in [-0.4, -0.2) is 59.0 Å². The first-order valence-electron chi connectivity index (χ1n) is 9.94. The van der Waals surface area contributed by atoms with Crippen LogP contribution in [0.5, 0.6) is 11.5 Å². The first-order valence-corrected chi connectivity index (χ1v) is 11.4. The van der Waals surface area contributed by atoms with Gasteiger partial charge in [0.2, 0.25) is 10.0 Å². The van der Waals surface area contributed by atoms with E-state index in [1.54, 1.807) is 31.2 Å². The number of esters is 1. The standard InChI is InChI=1S/C23H28N2O7S/c1-15-7-10-19(33(28,29)25(3)4)14-20(15)24-23(27)16(2)32-22(26)12-8-17-13-18(30-5)9-11-21(17)31-6/h7-14,16H,1-6H3,(H,24,27)/b12-8+. The summed E-state index contributed by atoms with van der Waals surface area (Å²) in [5, 5.41) is 2.61. The molecule has 2 aromatic carbocycles. The molecule has 1 N–H and O–H groups in total. The van der Waals surface area contributed by atoms with Crippen LogP contribution in [0.15, 0.2) is 47.4 Å². The van der Waals surface area contributed by atoms with E-state index in [1.165, 1.54) is 59.5 Å². The van der Waals surface area contributed by atoms with Gasteiger partial charge in [-0.3, -0.25) is 4.79 Å². The van der Waals surface area contributed by atoms with E-state index in [0.717, 1.165) is 4.31 Å². The van der Waals surface area contributed by atoms with E-state index in [1.807, 2.05) is 0 Å². The van der Waals surface area contributed by atoms with E-state index in [0.29, 0.717) is 28.3 Å². The summed E-state index contributed by atoms with van der Waals surface area (Å²) in [6.07, 6.45) is 1.55. The molecule has 0 aliphatic heterocycles. The quantitative estimate of drug-likeness (QED) is 0.438. The summed E-state index contributed by atoms with van der Waals surface area (Å²) >= 11 is 0. The fourth-order valence-electron chi connectivity index (χ4n) is 2.74. The Kier molecular flexibility index (Phi) is 8.61. The van der Waals surface area contributed by atoms with Gasteiger partial charge >= 0.3 is 5.97 Å². The van der Waals surface area contributed by atoms with Gasteiger partial charge in [-0.05, 0) is 55.8 Å². The summed E-state index contributed by atoms with van der Waals surface area (Å²) in [5.41, 5.74) is 1.56. The van der Waals surface area contributed by atoms with Crippen molar-refractivity contribution >= 4 is 33.7 Å². The Bertz CT molecular complexity index is 1160. The van der Waals surface area contributed by atoms with Crippen molar-refractivity contribution in [2.45, 2.75) is 24.8 Å². The maximum Gasteiger partial charge on any atom is 0.331 e. The number of rotatable bonds is 9. The molecule has 10 heteroatoms. The minimum Gasteiger partial charge on any atom is -0.497 e. The summed E-state index contributed by atoms with van der Waals surface area (Å²) in [7, 11) is 2.20. The number of sulfonamides is 1. The van der Waals surface area contributed by atoms with E-state index < -0.39 is 28.0 Å². The number of nitrogens with one attached hydrogen (secondary N) is 1. The van der Waals surface area contributed by atoms with Gasteiger partial charge < -0.3 is 19.5 Å². The Morgan fingerprint density at radius 2 is 1.76 bits per heavy atom. The molecule has 0 heterocycles. The fourth-order valence-corrected chi connectivity index (χ4v) is 3.66. The second kappa shape index (κ2) is 11.0. The van der Waals surface area contributed by atoms with Crippen LogP contribution in [0.2, 0.25) is 0 Å². The summed E-state index contributed by atoms with van der Waals surface area (Å²) in [6, 6.07) is 9.53. The molecule has 0 radical (unpaired) electrons. The van der Waals surface area contributed by atoms with Gasteiger partial charge in [-0.2, -0.15) is 0 Å². The summed E-state index contributed by atoms with van der Waals surface area (Å²) in [5.74, 6) is -0.208. The summed E-state index contributed by atoms with van der Waals surface area (Å²) in [6.45, 7) is 3.14. The highest BCUT2D eigenvalue weighted by atomic mass is 32.2. The molecule has 178 valence electrons. The van der Waals surface area contributed by atoms with Crippen LogP contribution in [0, 0.1) is 6.92 Å². The van der Waals surface area contributed by atoms with Gasteiger partial charge in [0, 0.05) is 31.4 Å². The number of anilines is 1. The second-order valence-electron chi connectivity index (χ2n) is 7.27. The van der Waals surface area contributed by atoms with Gasteiger partial charge in [-0.15, -0.1) is 0 Å². The first-order chi connectivity index (χ1) is 15.5. The highest BCUT2D eigenvalue weighted by Crippen LogP contribution is 2.25. The number of carbonyl (C=O) groups is 2. The molecule has 1 amide bonds. The van der Waals surface area contributed by atoms with Crippen LogP contribution in [-0.2, 0) is 24.3 Å². The average Bonchev–Trinajstić information content (AvgIpc) is 2.78. The Balaban J connectivity index is 2.10. The van der Waals surface area contributed by atoms with Crippen molar-refractivity contribution in [1.82, 2.24) is 4.31 Å². The Morgan fingerprint density at radius 1 is 1.06 bits per heavy atom. The van der Waals surface area contributed by atoms with Crippen LogP contribution in [0.25, 0.3) is 6.08 Å². The minimum atomic E-state index is -3.67. The zero-order chi connectivity index (χ0) is 24.8. The molecule has 0 bridgehead atoms. The zero-order valence-corrected chi connectivity index (χ0v) is 20.2. The van der Waals surface area contributed by atoms with Crippen molar-refractivity contribution in [3.8, 4) is 11.5 Å². The number of benzene rings is 2. The monoisotopic (exact) mass is 476 g/mol. The third kappa shape index (κ3) is 6.56. The smallest absolute Gasteiger partial charge is 0.331 e. The highest BCUT2D eigenvalue weighted by Gasteiger charge is 2.21. The minimum absolute atomic E-state index is 0.0354. The molecule has 0 saturated carbocycles. The van der Waals surface area contributed by atoms with E-state index >= 15 is 0 Å². The van der Waals surface area contributed by atoms with Crippen molar-refractivity contribution in [3.05, 3.63) is 53.6 Å². The lowest BCUT2D eigenvalue weighted by Crippen LogP contribution is -2.30. The highest BCUT2D eigenvalue weighted by molar-refractivity contribution is 7.89. The number of aryl methyl sites for hydroxylation is 1. The largest absolute Gasteiger partial charge is 0.497 e. The first kappa shape index (κ1) is 25.9. The van der Waals surface area contributed by atoms with E-state index in [2.05, 4.69) is 5.32 Å². The lowest BCUT2D eigenvalue weighted by Gasteiger charge is -2.16. The van der Waals surface area contributed by atoms with Gasteiger partial charge in [0.1, 0.15) is 11.5 Å². The van der Waals surface area contributed by atoms with Gasteiger partial charge in [-0.1, -0.05) is 6.07 Å². The number of hydrogen-bond donors (Lipinski definition) is 1. The van der Waals surface area contributed by atoms with E-state index in [-0.39, 0.29) is 4.90 Å². The van der Waals surface area contributed by atoms with Gasteiger partial charge in [0.15, 0.2) is 6.10 Å². The number of carbonyl (C=O) groups excluding carboxylic acids is 2. The van der Waals surface area contributed by atoms with Crippen LogP contribution in [0.3, 0.4) is 0 Å². The van der Waals surface area contributed by atoms with Gasteiger partial charge in [0.05, 0.1) is 19.1 Å².